The molecule has 1 amide bonds. The highest BCUT2D eigenvalue weighted by atomic mass is 32.2. The molecule has 2 rings (SSSR count). The van der Waals surface area contributed by atoms with Crippen LogP contribution in [-0.2, 0) is 8.92 Å². The largest absolute Gasteiger partial charge is 0.444 e. The Kier molecular flexibility index (Phi) is 4.95. The van der Waals surface area contributed by atoms with Crippen molar-refractivity contribution in [2.24, 2.45) is 0 Å². The second-order valence-corrected chi connectivity index (χ2v) is 6.64. The smallest absolute Gasteiger partial charge is 0.407 e. The van der Waals surface area contributed by atoms with Gasteiger partial charge in [0, 0.05) is 30.6 Å². The molecular formula is C15H20N2O4S. The molecule has 0 radical (unpaired) electrons. The van der Waals surface area contributed by atoms with E-state index < -0.39 is 17.7 Å². The number of ether oxygens (including phenoxy) is 1. The van der Waals surface area contributed by atoms with Crippen LogP contribution in [0.1, 0.15) is 49.0 Å². The van der Waals surface area contributed by atoms with E-state index in [1.54, 1.807) is 18.5 Å². The molecule has 22 heavy (non-hydrogen) atoms. The molecule has 0 aliphatic heterocycles. The summed E-state index contributed by atoms with van der Waals surface area (Å²) in [5.74, 6) is -0.263. The van der Waals surface area contributed by atoms with Crippen LogP contribution < -0.4 is 5.32 Å². The first kappa shape index (κ1) is 16.6. The third-order valence-corrected chi connectivity index (χ3v) is 3.39. The van der Waals surface area contributed by atoms with Gasteiger partial charge in [-0.25, -0.2) is 9.59 Å². The van der Waals surface area contributed by atoms with E-state index in [1.165, 1.54) is 6.20 Å². The third kappa shape index (κ3) is 4.62. The van der Waals surface area contributed by atoms with Crippen LogP contribution in [0.4, 0.5) is 4.79 Å². The minimum absolute atomic E-state index is 0.0171. The molecule has 1 aliphatic rings. The summed E-state index contributed by atoms with van der Waals surface area (Å²) in [7, 11) is 0. The van der Waals surface area contributed by atoms with E-state index in [0.29, 0.717) is 5.56 Å². The van der Waals surface area contributed by atoms with Crippen molar-refractivity contribution in [2.75, 3.05) is 6.26 Å². The van der Waals surface area contributed by atoms with Gasteiger partial charge in [0.2, 0.25) is 0 Å². The van der Waals surface area contributed by atoms with Crippen molar-refractivity contribution in [1.29, 1.82) is 0 Å². The normalized spacial score (nSPS) is 20.2. The summed E-state index contributed by atoms with van der Waals surface area (Å²) in [5, 5.41) is 2.82. The van der Waals surface area contributed by atoms with Gasteiger partial charge in [0.25, 0.3) is 0 Å². The molecule has 7 heteroatoms. The zero-order valence-corrected chi connectivity index (χ0v) is 13.9. The standard InChI is InChI=1S/C15H20N2O4S/c1-15(2,3)20-14(19)17-12-6-11(12)9-5-10(8-16-7-9)13(18)21-22-4/h5,7-8,11-12H,6H2,1-4H3,(H,17,19). The summed E-state index contributed by atoms with van der Waals surface area (Å²) in [6.45, 7) is 5.46. The molecule has 0 saturated heterocycles. The van der Waals surface area contributed by atoms with Crippen LogP contribution in [0.2, 0.25) is 0 Å². The number of nitrogens with zero attached hydrogens (tertiary/aromatic N) is 1. The van der Waals surface area contributed by atoms with Gasteiger partial charge in [-0.15, -0.1) is 0 Å². The molecule has 2 unspecified atom stereocenters. The molecule has 1 saturated carbocycles. The quantitative estimate of drug-likeness (QED) is 0.858. The van der Waals surface area contributed by atoms with Crippen molar-refractivity contribution >= 4 is 24.1 Å². The lowest BCUT2D eigenvalue weighted by molar-refractivity contribution is 0.0522. The maximum atomic E-state index is 11.7. The Hall–Kier alpha value is -1.76. The van der Waals surface area contributed by atoms with Crippen molar-refractivity contribution in [2.45, 2.75) is 44.8 Å². The van der Waals surface area contributed by atoms with Crippen molar-refractivity contribution in [3.63, 3.8) is 0 Å². The summed E-state index contributed by atoms with van der Waals surface area (Å²) in [6, 6.07) is 1.77. The van der Waals surface area contributed by atoms with Gasteiger partial charge in [-0.3, -0.25) is 4.98 Å². The number of aromatic nitrogens is 1. The molecule has 1 N–H and O–H groups in total. The average Bonchev–Trinajstić information content (AvgIpc) is 3.16. The number of carbonyl (C=O) groups excluding carboxylic acids is 2. The Labute approximate surface area is 134 Å². The molecule has 6 nitrogen and oxygen atoms in total. The van der Waals surface area contributed by atoms with Crippen molar-refractivity contribution < 1.29 is 18.5 Å². The molecule has 1 aliphatic carbocycles. The predicted octanol–water partition coefficient (Wildman–Crippen LogP) is 2.90. The summed E-state index contributed by atoms with van der Waals surface area (Å²) in [4.78, 5) is 27.5. The van der Waals surface area contributed by atoms with Crippen LogP contribution in [0.3, 0.4) is 0 Å². The van der Waals surface area contributed by atoms with Crippen molar-refractivity contribution in [1.82, 2.24) is 10.3 Å². The highest BCUT2D eigenvalue weighted by Gasteiger charge is 2.40. The number of pyridine rings is 1. The van der Waals surface area contributed by atoms with Gasteiger partial charge in [-0.05, 0) is 38.8 Å². The van der Waals surface area contributed by atoms with Crippen LogP contribution in [0.5, 0.6) is 0 Å². The van der Waals surface area contributed by atoms with Crippen LogP contribution >= 0.6 is 12.0 Å². The summed E-state index contributed by atoms with van der Waals surface area (Å²) >= 11 is 0.998. The van der Waals surface area contributed by atoms with Gasteiger partial charge in [0.15, 0.2) is 0 Å². The second-order valence-electron chi connectivity index (χ2n) is 6.14. The van der Waals surface area contributed by atoms with E-state index in [1.807, 2.05) is 20.8 Å². The van der Waals surface area contributed by atoms with E-state index in [0.717, 1.165) is 24.0 Å². The lowest BCUT2D eigenvalue weighted by Crippen LogP contribution is -2.34. The summed E-state index contributed by atoms with van der Waals surface area (Å²) < 4.78 is 10.1. The minimum Gasteiger partial charge on any atom is -0.444 e. The first-order valence-corrected chi connectivity index (χ1v) is 8.14. The van der Waals surface area contributed by atoms with E-state index in [-0.39, 0.29) is 12.0 Å². The second kappa shape index (κ2) is 6.56. The number of carbonyl (C=O) groups is 2. The monoisotopic (exact) mass is 324 g/mol. The number of rotatable bonds is 4. The molecule has 1 aromatic rings. The van der Waals surface area contributed by atoms with E-state index in [2.05, 4.69) is 10.3 Å². The fraction of sp³-hybridized carbons (Fsp3) is 0.533. The van der Waals surface area contributed by atoms with Gasteiger partial charge in [-0.2, -0.15) is 0 Å². The number of hydrogen-bond acceptors (Lipinski definition) is 6. The highest BCUT2D eigenvalue weighted by molar-refractivity contribution is 7.94. The molecule has 2 atom stereocenters. The predicted molar refractivity (Wildman–Crippen MR) is 83.7 cm³/mol. The van der Waals surface area contributed by atoms with E-state index in [9.17, 15) is 9.59 Å². The zero-order valence-electron chi connectivity index (χ0n) is 13.1. The summed E-state index contributed by atoms with van der Waals surface area (Å²) in [6.07, 6.45) is 5.24. The topological polar surface area (TPSA) is 77.5 Å². The maximum Gasteiger partial charge on any atom is 0.407 e. The van der Waals surface area contributed by atoms with Crippen LogP contribution in [0, 0.1) is 0 Å². The number of alkyl carbamates (subject to hydrolysis) is 1. The fourth-order valence-electron chi connectivity index (χ4n) is 2.08. The van der Waals surface area contributed by atoms with Crippen LogP contribution in [0.15, 0.2) is 18.5 Å². The SMILES string of the molecule is CSOC(=O)c1cncc(C2CC2NC(=O)OC(C)(C)C)c1. The molecule has 120 valence electrons. The molecular weight excluding hydrogens is 304 g/mol. The van der Waals surface area contributed by atoms with Gasteiger partial charge >= 0.3 is 12.1 Å². The van der Waals surface area contributed by atoms with Crippen LogP contribution in [0.25, 0.3) is 0 Å². The summed E-state index contributed by atoms with van der Waals surface area (Å²) in [5.41, 5.74) is 0.809. The Morgan fingerprint density at radius 2 is 2.09 bits per heavy atom. The average molecular weight is 324 g/mol. The lowest BCUT2D eigenvalue weighted by atomic mass is 10.1. The van der Waals surface area contributed by atoms with Crippen molar-refractivity contribution in [3.8, 4) is 0 Å². The van der Waals surface area contributed by atoms with Crippen molar-refractivity contribution in [3.05, 3.63) is 29.6 Å². The Balaban J connectivity index is 1.94. The number of amides is 1. The van der Waals surface area contributed by atoms with E-state index >= 15 is 0 Å². The Bertz CT molecular complexity index is 571. The maximum absolute atomic E-state index is 11.7. The number of nitrogens with one attached hydrogen (secondary N) is 1. The molecule has 1 heterocycles. The molecule has 1 aromatic heterocycles. The minimum atomic E-state index is -0.516. The lowest BCUT2D eigenvalue weighted by Gasteiger charge is -2.19. The van der Waals surface area contributed by atoms with Gasteiger partial charge < -0.3 is 14.2 Å². The van der Waals surface area contributed by atoms with Gasteiger partial charge in [-0.1, -0.05) is 0 Å². The fourth-order valence-corrected chi connectivity index (χ4v) is 2.33. The molecule has 0 bridgehead atoms. The molecule has 0 aromatic carbocycles. The number of hydrogen-bond donors (Lipinski definition) is 1. The van der Waals surface area contributed by atoms with E-state index in [4.69, 9.17) is 8.92 Å². The Morgan fingerprint density at radius 3 is 2.73 bits per heavy atom. The van der Waals surface area contributed by atoms with Crippen LogP contribution in [-0.4, -0.2) is 34.9 Å². The first-order valence-electron chi connectivity index (χ1n) is 6.99. The van der Waals surface area contributed by atoms with Gasteiger partial charge in [0.1, 0.15) is 5.60 Å². The molecule has 1 fully saturated rings. The zero-order chi connectivity index (χ0) is 16.3. The first-order chi connectivity index (χ1) is 10.3. The molecule has 0 spiro atoms. The third-order valence-electron chi connectivity index (χ3n) is 3.07. The van der Waals surface area contributed by atoms with Gasteiger partial charge in [0.05, 0.1) is 17.6 Å². The Morgan fingerprint density at radius 1 is 1.36 bits per heavy atom. The highest BCUT2D eigenvalue weighted by Crippen LogP contribution is 2.40.